The van der Waals surface area contributed by atoms with E-state index >= 15 is 0 Å². The first-order valence-corrected chi connectivity index (χ1v) is 11.9. The molecule has 0 aliphatic carbocycles. The number of amidine groups is 1. The van der Waals surface area contributed by atoms with E-state index in [2.05, 4.69) is 27.4 Å². The van der Waals surface area contributed by atoms with E-state index in [1.807, 2.05) is 24.3 Å². The van der Waals surface area contributed by atoms with Gasteiger partial charge in [-0.25, -0.2) is 9.67 Å². The molecule has 1 amide bonds. The highest BCUT2D eigenvalue weighted by Gasteiger charge is 2.33. The molecule has 0 atom stereocenters. The number of aliphatic imine (C=N–C) groups is 1. The first-order chi connectivity index (χ1) is 16.5. The standard InChI is InChI=1S/C23H23ClN6O3S/c1-4-11-29-21(26-27-28-29)14-34-23-25-19(12-15-5-8-17(32-2)9-6-15)22(31)30(23)16-7-10-18(24)20(13-16)33-3/h5-10,12-13H,4,11,14H2,1-3H3/b19-12-. The normalized spacial score (nSPS) is 14.6. The van der Waals surface area contributed by atoms with Crippen LogP contribution in [0.25, 0.3) is 6.08 Å². The van der Waals surface area contributed by atoms with E-state index in [0.29, 0.717) is 38.9 Å². The summed E-state index contributed by atoms with van der Waals surface area (Å²) in [6.07, 6.45) is 2.66. The number of halogens is 1. The molecule has 0 bridgehead atoms. The van der Waals surface area contributed by atoms with Gasteiger partial charge in [-0.2, -0.15) is 0 Å². The summed E-state index contributed by atoms with van der Waals surface area (Å²) in [5.41, 5.74) is 1.75. The van der Waals surface area contributed by atoms with Crippen molar-refractivity contribution in [2.75, 3.05) is 19.1 Å². The number of hydrogen-bond donors (Lipinski definition) is 0. The van der Waals surface area contributed by atoms with Crippen LogP contribution >= 0.6 is 23.4 Å². The van der Waals surface area contributed by atoms with Crippen LogP contribution in [0, 0.1) is 0 Å². The molecule has 0 fully saturated rings. The molecular weight excluding hydrogens is 476 g/mol. The van der Waals surface area contributed by atoms with Gasteiger partial charge in [0.1, 0.15) is 17.2 Å². The summed E-state index contributed by atoms with van der Waals surface area (Å²) in [6.45, 7) is 2.78. The van der Waals surface area contributed by atoms with E-state index in [1.165, 1.54) is 18.9 Å². The number of anilines is 1. The lowest BCUT2D eigenvalue weighted by molar-refractivity contribution is -0.113. The fourth-order valence-corrected chi connectivity index (χ4v) is 4.45. The predicted molar refractivity (Wildman–Crippen MR) is 133 cm³/mol. The van der Waals surface area contributed by atoms with Crippen molar-refractivity contribution in [3.8, 4) is 11.5 Å². The summed E-state index contributed by atoms with van der Waals surface area (Å²) >= 11 is 7.59. The van der Waals surface area contributed by atoms with Crippen LogP contribution in [-0.2, 0) is 17.1 Å². The molecule has 0 saturated heterocycles. The van der Waals surface area contributed by atoms with Crippen LogP contribution in [0.3, 0.4) is 0 Å². The number of benzene rings is 2. The Labute approximate surface area is 206 Å². The van der Waals surface area contributed by atoms with Gasteiger partial charge in [0.25, 0.3) is 5.91 Å². The topological polar surface area (TPSA) is 94.7 Å². The molecule has 1 aliphatic heterocycles. The van der Waals surface area contributed by atoms with Crippen LogP contribution in [-0.4, -0.2) is 45.5 Å². The molecule has 176 valence electrons. The number of carbonyl (C=O) groups excluding carboxylic acids is 1. The van der Waals surface area contributed by atoms with Crippen molar-refractivity contribution in [2.45, 2.75) is 25.6 Å². The van der Waals surface area contributed by atoms with Crippen molar-refractivity contribution in [2.24, 2.45) is 4.99 Å². The summed E-state index contributed by atoms with van der Waals surface area (Å²) in [5, 5.41) is 12.9. The number of nitrogens with zero attached hydrogens (tertiary/aromatic N) is 6. The van der Waals surface area contributed by atoms with Crippen LogP contribution < -0.4 is 14.4 Å². The number of thioether (sulfide) groups is 1. The molecule has 9 nitrogen and oxygen atoms in total. The first kappa shape index (κ1) is 23.8. The average molecular weight is 499 g/mol. The third kappa shape index (κ3) is 5.07. The number of ether oxygens (including phenoxy) is 2. The van der Waals surface area contributed by atoms with Crippen molar-refractivity contribution in [1.29, 1.82) is 0 Å². The van der Waals surface area contributed by atoms with Gasteiger partial charge in [-0.1, -0.05) is 42.4 Å². The maximum absolute atomic E-state index is 13.4. The highest BCUT2D eigenvalue weighted by Crippen LogP contribution is 2.35. The zero-order valence-electron chi connectivity index (χ0n) is 18.9. The largest absolute Gasteiger partial charge is 0.497 e. The number of tetrazole rings is 1. The molecule has 2 heterocycles. The fourth-order valence-electron chi connectivity index (χ4n) is 3.31. The second-order valence-corrected chi connectivity index (χ2v) is 8.61. The van der Waals surface area contributed by atoms with Gasteiger partial charge in [0, 0.05) is 12.6 Å². The monoisotopic (exact) mass is 498 g/mol. The van der Waals surface area contributed by atoms with Gasteiger partial charge in [-0.05, 0) is 52.8 Å². The Bertz CT molecular complexity index is 1240. The Morgan fingerprint density at radius 3 is 2.62 bits per heavy atom. The molecule has 34 heavy (non-hydrogen) atoms. The van der Waals surface area contributed by atoms with Crippen LogP contribution in [0.15, 0.2) is 53.2 Å². The Morgan fingerprint density at radius 1 is 1.12 bits per heavy atom. The molecule has 3 aromatic rings. The predicted octanol–water partition coefficient (Wildman–Crippen LogP) is 4.43. The molecular formula is C23H23ClN6O3S. The Morgan fingerprint density at radius 2 is 1.91 bits per heavy atom. The number of rotatable bonds is 8. The fraction of sp³-hybridized carbons (Fsp3) is 0.261. The molecule has 11 heteroatoms. The second kappa shape index (κ2) is 10.7. The zero-order chi connectivity index (χ0) is 24.1. The molecule has 2 aromatic carbocycles. The van der Waals surface area contributed by atoms with Gasteiger partial charge in [0.05, 0.1) is 30.7 Å². The molecule has 0 spiro atoms. The SMILES string of the molecule is CCCn1nnnc1CSC1=N/C(=C\c2ccc(OC)cc2)C(=O)N1c1ccc(Cl)c(OC)c1. The average Bonchev–Trinajstić information content (AvgIpc) is 3.42. The van der Waals surface area contributed by atoms with Crippen molar-refractivity contribution in [3.63, 3.8) is 0 Å². The highest BCUT2D eigenvalue weighted by molar-refractivity contribution is 8.13. The van der Waals surface area contributed by atoms with E-state index in [-0.39, 0.29) is 5.91 Å². The number of amides is 1. The van der Waals surface area contributed by atoms with Crippen molar-refractivity contribution in [3.05, 3.63) is 64.6 Å². The van der Waals surface area contributed by atoms with Crippen LogP contribution in [0.2, 0.25) is 5.02 Å². The van der Waals surface area contributed by atoms with Gasteiger partial charge in [0.2, 0.25) is 0 Å². The van der Waals surface area contributed by atoms with E-state index in [1.54, 1.807) is 41.0 Å². The third-order valence-electron chi connectivity index (χ3n) is 5.01. The molecule has 0 N–H and O–H groups in total. The number of hydrogen-bond acceptors (Lipinski definition) is 8. The summed E-state index contributed by atoms with van der Waals surface area (Å²) in [4.78, 5) is 19.6. The van der Waals surface area contributed by atoms with Gasteiger partial charge >= 0.3 is 0 Å². The second-order valence-electron chi connectivity index (χ2n) is 7.26. The summed E-state index contributed by atoms with van der Waals surface area (Å²) in [5.74, 6) is 2.12. The summed E-state index contributed by atoms with van der Waals surface area (Å²) in [7, 11) is 3.14. The third-order valence-corrected chi connectivity index (χ3v) is 6.26. The maximum atomic E-state index is 13.4. The number of aryl methyl sites for hydroxylation is 1. The Hall–Kier alpha value is -3.37. The highest BCUT2D eigenvalue weighted by atomic mass is 35.5. The van der Waals surface area contributed by atoms with E-state index in [0.717, 1.165) is 24.3 Å². The lowest BCUT2D eigenvalue weighted by Crippen LogP contribution is -2.30. The quantitative estimate of drug-likeness (QED) is 0.424. The number of carbonyl (C=O) groups is 1. The van der Waals surface area contributed by atoms with Crippen molar-refractivity contribution in [1.82, 2.24) is 20.2 Å². The number of methoxy groups -OCH3 is 2. The zero-order valence-corrected chi connectivity index (χ0v) is 20.5. The maximum Gasteiger partial charge on any atom is 0.283 e. The van der Waals surface area contributed by atoms with Gasteiger partial charge in [0.15, 0.2) is 11.0 Å². The van der Waals surface area contributed by atoms with Gasteiger partial charge in [-0.15, -0.1) is 5.10 Å². The van der Waals surface area contributed by atoms with Gasteiger partial charge < -0.3 is 9.47 Å². The van der Waals surface area contributed by atoms with E-state index in [4.69, 9.17) is 21.1 Å². The van der Waals surface area contributed by atoms with Crippen LogP contribution in [0.5, 0.6) is 11.5 Å². The lowest BCUT2D eigenvalue weighted by Gasteiger charge is -2.18. The molecule has 1 aliphatic rings. The molecule has 0 unspecified atom stereocenters. The van der Waals surface area contributed by atoms with E-state index in [9.17, 15) is 4.79 Å². The van der Waals surface area contributed by atoms with Gasteiger partial charge in [-0.3, -0.25) is 9.69 Å². The van der Waals surface area contributed by atoms with Crippen LogP contribution in [0.1, 0.15) is 24.7 Å². The Balaban J connectivity index is 1.67. The van der Waals surface area contributed by atoms with Crippen molar-refractivity contribution < 1.29 is 14.3 Å². The van der Waals surface area contributed by atoms with Crippen LogP contribution in [0.4, 0.5) is 5.69 Å². The minimum Gasteiger partial charge on any atom is -0.497 e. The van der Waals surface area contributed by atoms with E-state index < -0.39 is 0 Å². The molecule has 1 aromatic heterocycles. The lowest BCUT2D eigenvalue weighted by atomic mass is 10.2. The summed E-state index contributed by atoms with van der Waals surface area (Å²) in [6, 6.07) is 12.6. The Kier molecular flexibility index (Phi) is 7.49. The minimum absolute atomic E-state index is 0.254. The first-order valence-electron chi connectivity index (χ1n) is 10.5. The molecule has 0 saturated carbocycles. The molecule has 4 rings (SSSR count). The summed E-state index contributed by atoms with van der Waals surface area (Å²) < 4.78 is 12.3. The minimum atomic E-state index is -0.254. The van der Waals surface area contributed by atoms with Crippen molar-refractivity contribution >= 4 is 46.2 Å². The molecule has 0 radical (unpaired) electrons. The smallest absolute Gasteiger partial charge is 0.283 e. The number of aromatic nitrogens is 4.